The summed E-state index contributed by atoms with van der Waals surface area (Å²) in [5, 5.41) is 3.45. The first-order valence-corrected chi connectivity index (χ1v) is 9.94. The fourth-order valence-corrected chi connectivity index (χ4v) is 3.70. The van der Waals surface area contributed by atoms with Gasteiger partial charge in [0.15, 0.2) is 0 Å². The van der Waals surface area contributed by atoms with Crippen LogP contribution in [-0.2, 0) is 6.61 Å². The Hall–Kier alpha value is -2.69. The first-order valence-electron chi connectivity index (χ1n) is 9.94. The predicted molar refractivity (Wildman–Crippen MR) is 112 cm³/mol. The lowest BCUT2D eigenvalue weighted by Crippen LogP contribution is -2.45. The summed E-state index contributed by atoms with van der Waals surface area (Å²) >= 11 is 0. The lowest BCUT2D eigenvalue weighted by atomic mass is 9.99. The second-order valence-corrected chi connectivity index (χ2v) is 7.26. The van der Waals surface area contributed by atoms with Crippen molar-refractivity contribution in [1.29, 1.82) is 0 Å². The number of pyridine rings is 1. The highest BCUT2D eigenvalue weighted by Gasteiger charge is 2.27. The summed E-state index contributed by atoms with van der Waals surface area (Å²) in [5.41, 5.74) is 4.60. The van der Waals surface area contributed by atoms with Crippen LogP contribution in [0.5, 0.6) is 5.75 Å². The van der Waals surface area contributed by atoms with Crippen molar-refractivity contribution >= 4 is 0 Å². The monoisotopic (exact) mass is 373 g/mol. The second-order valence-electron chi connectivity index (χ2n) is 7.26. The van der Waals surface area contributed by atoms with Gasteiger partial charge in [-0.05, 0) is 30.2 Å². The van der Waals surface area contributed by atoms with E-state index in [9.17, 15) is 0 Å². The summed E-state index contributed by atoms with van der Waals surface area (Å²) in [6.07, 6.45) is 1.96. The zero-order valence-corrected chi connectivity index (χ0v) is 16.3. The van der Waals surface area contributed by atoms with Crippen molar-refractivity contribution in [2.75, 3.05) is 26.2 Å². The average molecular weight is 374 g/mol. The summed E-state index contributed by atoms with van der Waals surface area (Å²) in [7, 11) is 0. The van der Waals surface area contributed by atoms with E-state index in [0.29, 0.717) is 6.61 Å². The summed E-state index contributed by atoms with van der Waals surface area (Å²) in [6, 6.07) is 23.1. The number of para-hydroxylation sites is 1. The molecule has 4 nitrogen and oxygen atoms in total. The normalized spacial score (nSPS) is 15.9. The number of nitrogens with zero attached hydrogens (tertiary/aromatic N) is 2. The first-order chi connectivity index (χ1) is 13.8. The molecule has 0 spiro atoms. The van der Waals surface area contributed by atoms with Gasteiger partial charge in [0, 0.05) is 37.9 Å². The third-order valence-electron chi connectivity index (χ3n) is 5.18. The molecular formula is C24H27N3O. The number of hydrogen-bond acceptors (Lipinski definition) is 4. The van der Waals surface area contributed by atoms with Gasteiger partial charge in [0.2, 0.25) is 0 Å². The summed E-state index contributed by atoms with van der Waals surface area (Å²) in [4.78, 5) is 7.27. The molecule has 2 aromatic carbocycles. The quantitative estimate of drug-likeness (QED) is 0.710. The maximum absolute atomic E-state index is 6.27. The fourth-order valence-electron chi connectivity index (χ4n) is 3.70. The highest BCUT2D eigenvalue weighted by Crippen LogP contribution is 2.34. The van der Waals surface area contributed by atoms with Crippen molar-refractivity contribution < 1.29 is 4.74 Å². The van der Waals surface area contributed by atoms with Crippen LogP contribution in [0.2, 0.25) is 0 Å². The van der Waals surface area contributed by atoms with Crippen LogP contribution >= 0.6 is 0 Å². The van der Waals surface area contributed by atoms with Crippen molar-refractivity contribution in [3.8, 4) is 5.75 Å². The second kappa shape index (κ2) is 9.00. The molecule has 1 N–H and O–H groups in total. The number of piperazine rings is 1. The molecule has 28 heavy (non-hydrogen) atoms. The molecule has 4 heteroatoms. The number of nitrogens with one attached hydrogen (secondary N) is 1. The van der Waals surface area contributed by atoms with Gasteiger partial charge in [0.1, 0.15) is 12.4 Å². The van der Waals surface area contributed by atoms with Crippen LogP contribution in [0.4, 0.5) is 0 Å². The third kappa shape index (κ3) is 4.41. The van der Waals surface area contributed by atoms with Crippen LogP contribution in [0.25, 0.3) is 0 Å². The van der Waals surface area contributed by atoms with Gasteiger partial charge in [-0.25, -0.2) is 0 Å². The van der Waals surface area contributed by atoms with Gasteiger partial charge in [-0.3, -0.25) is 9.88 Å². The number of benzene rings is 2. The Kier molecular flexibility index (Phi) is 6.00. The van der Waals surface area contributed by atoms with Crippen molar-refractivity contribution in [2.24, 2.45) is 0 Å². The number of ether oxygens (including phenoxy) is 1. The number of rotatable bonds is 6. The Morgan fingerprint density at radius 1 is 0.964 bits per heavy atom. The molecule has 0 radical (unpaired) electrons. The van der Waals surface area contributed by atoms with Crippen LogP contribution in [-0.4, -0.2) is 36.1 Å². The van der Waals surface area contributed by atoms with Gasteiger partial charge in [-0.1, -0.05) is 54.6 Å². The van der Waals surface area contributed by atoms with Gasteiger partial charge in [0.05, 0.1) is 11.7 Å². The highest BCUT2D eigenvalue weighted by atomic mass is 16.5. The minimum Gasteiger partial charge on any atom is -0.489 e. The zero-order chi connectivity index (χ0) is 19.2. The van der Waals surface area contributed by atoms with Gasteiger partial charge >= 0.3 is 0 Å². The van der Waals surface area contributed by atoms with E-state index < -0.39 is 0 Å². The topological polar surface area (TPSA) is 37.4 Å². The number of aromatic nitrogens is 1. The lowest BCUT2D eigenvalue weighted by molar-refractivity contribution is 0.190. The average Bonchev–Trinajstić information content (AvgIpc) is 2.76. The van der Waals surface area contributed by atoms with E-state index in [4.69, 9.17) is 9.72 Å². The van der Waals surface area contributed by atoms with E-state index >= 15 is 0 Å². The Balaban J connectivity index is 1.66. The van der Waals surface area contributed by atoms with Gasteiger partial charge < -0.3 is 10.1 Å². The third-order valence-corrected chi connectivity index (χ3v) is 5.18. The maximum Gasteiger partial charge on any atom is 0.124 e. The predicted octanol–water partition coefficient (Wildman–Crippen LogP) is 3.96. The maximum atomic E-state index is 6.27. The number of aryl methyl sites for hydroxylation is 1. The zero-order valence-electron chi connectivity index (χ0n) is 16.3. The fraction of sp³-hybridized carbons (Fsp3) is 0.292. The van der Waals surface area contributed by atoms with E-state index in [2.05, 4.69) is 59.6 Å². The van der Waals surface area contributed by atoms with E-state index in [0.717, 1.165) is 37.6 Å². The molecule has 0 amide bonds. The minimum absolute atomic E-state index is 0.0923. The molecule has 1 fully saturated rings. The summed E-state index contributed by atoms with van der Waals surface area (Å²) in [6.45, 7) is 6.62. The Bertz CT molecular complexity index is 874. The standard InChI is InChI=1S/C24H27N3O/c1-19-11-12-22(26-17-19)24(27-15-13-25-14-16-27)21-9-5-6-10-23(21)28-18-20-7-3-2-4-8-20/h2-12,17,24-25H,13-16,18H2,1H3. The largest absolute Gasteiger partial charge is 0.489 e. The Labute approximate surface area is 167 Å². The molecule has 3 aromatic rings. The molecule has 0 aliphatic carbocycles. The molecule has 1 aliphatic rings. The first kappa shape index (κ1) is 18.7. The smallest absolute Gasteiger partial charge is 0.124 e. The Morgan fingerprint density at radius 3 is 2.46 bits per heavy atom. The van der Waals surface area contributed by atoms with Gasteiger partial charge in [-0.2, -0.15) is 0 Å². The van der Waals surface area contributed by atoms with Crippen molar-refractivity contribution in [1.82, 2.24) is 15.2 Å². The molecule has 0 saturated carbocycles. The summed E-state index contributed by atoms with van der Waals surface area (Å²) < 4.78 is 6.27. The molecule has 1 aromatic heterocycles. The van der Waals surface area contributed by atoms with Gasteiger partial charge in [0.25, 0.3) is 0 Å². The molecule has 2 heterocycles. The van der Waals surface area contributed by atoms with E-state index in [-0.39, 0.29) is 6.04 Å². The molecule has 1 atom stereocenters. The van der Waals surface area contributed by atoms with Crippen LogP contribution in [0, 0.1) is 6.92 Å². The van der Waals surface area contributed by atoms with Crippen molar-refractivity contribution in [2.45, 2.75) is 19.6 Å². The van der Waals surface area contributed by atoms with Crippen LogP contribution in [0.3, 0.4) is 0 Å². The summed E-state index contributed by atoms with van der Waals surface area (Å²) in [5.74, 6) is 0.928. The number of hydrogen-bond donors (Lipinski definition) is 1. The van der Waals surface area contributed by atoms with Gasteiger partial charge in [-0.15, -0.1) is 0 Å². The highest BCUT2D eigenvalue weighted by molar-refractivity contribution is 5.40. The van der Waals surface area contributed by atoms with E-state index in [1.807, 2.05) is 30.5 Å². The molecule has 4 rings (SSSR count). The van der Waals surface area contributed by atoms with E-state index in [1.54, 1.807) is 0 Å². The molecule has 0 bridgehead atoms. The van der Waals surface area contributed by atoms with Crippen molar-refractivity contribution in [3.63, 3.8) is 0 Å². The molecular weight excluding hydrogens is 346 g/mol. The molecule has 1 unspecified atom stereocenters. The molecule has 1 saturated heterocycles. The van der Waals surface area contributed by atoms with Crippen LogP contribution < -0.4 is 10.1 Å². The molecule has 144 valence electrons. The van der Waals surface area contributed by atoms with E-state index in [1.165, 1.54) is 16.7 Å². The van der Waals surface area contributed by atoms with Crippen LogP contribution in [0.15, 0.2) is 72.9 Å². The lowest BCUT2D eigenvalue weighted by Gasteiger charge is -2.35. The SMILES string of the molecule is Cc1ccc(C(c2ccccc2OCc2ccccc2)N2CCNCC2)nc1. The van der Waals surface area contributed by atoms with Crippen molar-refractivity contribution in [3.05, 3.63) is 95.3 Å². The Morgan fingerprint density at radius 2 is 1.71 bits per heavy atom. The van der Waals surface area contributed by atoms with Crippen LogP contribution in [0.1, 0.15) is 28.4 Å². The minimum atomic E-state index is 0.0923. The molecule has 1 aliphatic heterocycles.